The van der Waals surface area contributed by atoms with Crippen molar-refractivity contribution in [1.82, 2.24) is 4.31 Å². The van der Waals surface area contributed by atoms with Crippen LogP contribution in [0.5, 0.6) is 5.75 Å². The highest BCUT2D eigenvalue weighted by Gasteiger charge is 2.43. The molecule has 21 heavy (non-hydrogen) atoms. The summed E-state index contributed by atoms with van der Waals surface area (Å²) in [5.41, 5.74) is 0.527. The first kappa shape index (κ1) is 14.4. The smallest absolute Gasteiger partial charge is 0.301 e. The van der Waals surface area contributed by atoms with Crippen LogP contribution in [-0.4, -0.2) is 31.9 Å². The Balaban J connectivity index is 1.72. The Labute approximate surface area is 125 Å². The van der Waals surface area contributed by atoms with Crippen LogP contribution in [0.2, 0.25) is 0 Å². The molecule has 2 bridgehead atoms. The van der Waals surface area contributed by atoms with Crippen molar-refractivity contribution in [2.24, 2.45) is 5.92 Å². The maximum Gasteiger partial charge on any atom is 0.301 e. The topological polar surface area (TPSA) is 58.6 Å². The molecule has 3 rings (SSSR count). The number of piperidine rings is 1. The van der Waals surface area contributed by atoms with Gasteiger partial charge in [-0.05, 0) is 37.3 Å². The summed E-state index contributed by atoms with van der Waals surface area (Å²) in [6.07, 6.45) is 4.79. The molecule has 6 heteroatoms. The summed E-state index contributed by atoms with van der Waals surface area (Å²) < 4.78 is 34.6. The first-order chi connectivity index (χ1) is 10.1. The molecular formula is C15H20N2O3S. The number of benzene rings is 1. The summed E-state index contributed by atoms with van der Waals surface area (Å²) >= 11 is 0. The summed E-state index contributed by atoms with van der Waals surface area (Å²) in [6, 6.07) is 7.15. The zero-order valence-electron chi connectivity index (χ0n) is 11.9. The minimum absolute atomic E-state index is 0.174. The first-order valence-corrected chi connectivity index (χ1v) is 8.66. The Morgan fingerprint density at radius 3 is 2.95 bits per heavy atom. The maximum atomic E-state index is 12.5. The summed E-state index contributed by atoms with van der Waals surface area (Å²) in [6.45, 7) is 4.63. The van der Waals surface area contributed by atoms with E-state index in [1.165, 1.54) is 0 Å². The van der Waals surface area contributed by atoms with Gasteiger partial charge in [-0.25, -0.2) is 0 Å². The van der Waals surface area contributed by atoms with Gasteiger partial charge in [0.25, 0.3) is 0 Å². The summed E-state index contributed by atoms with van der Waals surface area (Å²) in [5.74, 6) is 1.16. The Hall–Kier alpha value is -1.53. The highest BCUT2D eigenvalue weighted by molar-refractivity contribution is 7.90. The molecule has 0 radical (unpaired) electrons. The third kappa shape index (κ3) is 3.06. The quantitative estimate of drug-likeness (QED) is 0.821. The minimum Gasteiger partial charge on any atom is -0.489 e. The molecule has 2 unspecified atom stereocenters. The van der Waals surface area contributed by atoms with E-state index in [9.17, 15) is 8.42 Å². The van der Waals surface area contributed by atoms with Crippen molar-refractivity contribution in [3.8, 4) is 5.75 Å². The molecule has 0 amide bonds. The standard InChI is InChI=1S/C15H20N2O3S/c1-2-8-20-15-5-3-4-13(10-15)16-21(18,19)17-11-12-6-7-14(17)9-12/h2-5,10,12,14,16H,1,6-9,11H2. The Morgan fingerprint density at radius 2 is 2.29 bits per heavy atom. The lowest BCUT2D eigenvalue weighted by Crippen LogP contribution is -2.41. The average molecular weight is 308 g/mol. The fraction of sp³-hybridized carbons (Fsp3) is 0.467. The second kappa shape index (κ2) is 5.69. The Morgan fingerprint density at radius 1 is 1.43 bits per heavy atom. The fourth-order valence-corrected chi connectivity index (χ4v) is 4.72. The molecule has 114 valence electrons. The molecule has 1 N–H and O–H groups in total. The second-order valence-corrected chi connectivity index (χ2v) is 7.26. The van der Waals surface area contributed by atoms with E-state index < -0.39 is 10.2 Å². The van der Waals surface area contributed by atoms with Gasteiger partial charge in [0.15, 0.2) is 0 Å². The van der Waals surface area contributed by atoms with Gasteiger partial charge in [-0.15, -0.1) is 0 Å². The lowest BCUT2D eigenvalue weighted by molar-refractivity contribution is 0.335. The molecule has 1 saturated carbocycles. The van der Waals surface area contributed by atoms with E-state index in [2.05, 4.69) is 11.3 Å². The lowest BCUT2D eigenvalue weighted by atomic mass is 10.1. The Kier molecular flexibility index (Phi) is 3.91. The highest BCUT2D eigenvalue weighted by atomic mass is 32.2. The summed E-state index contributed by atoms with van der Waals surface area (Å²) in [5, 5.41) is 0. The number of anilines is 1. The molecule has 2 aliphatic rings. The van der Waals surface area contributed by atoms with E-state index in [0.29, 0.717) is 30.5 Å². The largest absolute Gasteiger partial charge is 0.489 e. The van der Waals surface area contributed by atoms with Gasteiger partial charge >= 0.3 is 10.2 Å². The zero-order valence-corrected chi connectivity index (χ0v) is 12.7. The van der Waals surface area contributed by atoms with Crippen LogP contribution in [0.4, 0.5) is 5.69 Å². The van der Waals surface area contributed by atoms with Crippen LogP contribution >= 0.6 is 0 Å². The highest BCUT2D eigenvalue weighted by Crippen LogP contribution is 2.39. The normalized spacial score (nSPS) is 25.0. The van der Waals surface area contributed by atoms with E-state index in [1.807, 2.05) is 0 Å². The molecule has 0 aromatic heterocycles. The molecule has 1 aliphatic heterocycles. The van der Waals surface area contributed by atoms with Crippen molar-refractivity contribution in [3.05, 3.63) is 36.9 Å². The average Bonchev–Trinajstić information content (AvgIpc) is 3.08. The zero-order chi connectivity index (χ0) is 14.9. The molecule has 1 aromatic rings. The number of ether oxygens (including phenoxy) is 1. The van der Waals surface area contributed by atoms with Gasteiger partial charge in [0.2, 0.25) is 0 Å². The molecule has 0 spiro atoms. The number of nitrogens with one attached hydrogen (secondary N) is 1. The van der Waals surface area contributed by atoms with Gasteiger partial charge in [0.1, 0.15) is 12.4 Å². The van der Waals surface area contributed by atoms with Gasteiger partial charge in [0.05, 0.1) is 5.69 Å². The van der Waals surface area contributed by atoms with Crippen LogP contribution in [0.25, 0.3) is 0 Å². The van der Waals surface area contributed by atoms with Gasteiger partial charge in [-0.3, -0.25) is 4.72 Å². The number of nitrogens with zero attached hydrogens (tertiary/aromatic N) is 1. The van der Waals surface area contributed by atoms with Crippen LogP contribution < -0.4 is 9.46 Å². The molecule has 1 saturated heterocycles. The molecule has 1 heterocycles. The summed E-state index contributed by atoms with van der Waals surface area (Å²) in [7, 11) is -3.47. The number of hydrogen-bond donors (Lipinski definition) is 1. The van der Waals surface area contributed by atoms with Crippen LogP contribution in [0, 0.1) is 5.92 Å². The van der Waals surface area contributed by atoms with Gasteiger partial charge in [0, 0.05) is 18.7 Å². The second-order valence-electron chi connectivity index (χ2n) is 5.64. The third-order valence-corrected chi connectivity index (χ3v) is 5.67. The van der Waals surface area contributed by atoms with Crippen molar-refractivity contribution < 1.29 is 13.2 Å². The maximum absolute atomic E-state index is 12.5. The monoisotopic (exact) mass is 308 g/mol. The molecule has 5 nitrogen and oxygen atoms in total. The predicted molar refractivity (Wildman–Crippen MR) is 82.5 cm³/mol. The third-order valence-electron chi connectivity index (χ3n) is 4.12. The molecule has 1 aliphatic carbocycles. The molecule has 2 fully saturated rings. The molecule has 2 atom stereocenters. The van der Waals surface area contributed by atoms with Gasteiger partial charge < -0.3 is 4.74 Å². The van der Waals surface area contributed by atoms with Crippen molar-refractivity contribution in [2.75, 3.05) is 17.9 Å². The number of rotatable bonds is 6. The SMILES string of the molecule is C=CCOc1cccc(NS(=O)(=O)N2CC3CCC2C3)c1. The van der Waals surface area contributed by atoms with E-state index in [0.717, 1.165) is 19.3 Å². The fourth-order valence-electron chi connectivity index (χ4n) is 3.19. The van der Waals surface area contributed by atoms with Crippen molar-refractivity contribution in [1.29, 1.82) is 0 Å². The first-order valence-electron chi connectivity index (χ1n) is 7.22. The minimum atomic E-state index is -3.47. The van der Waals surface area contributed by atoms with E-state index in [1.54, 1.807) is 34.6 Å². The number of fused-ring (bicyclic) bond motifs is 2. The van der Waals surface area contributed by atoms with Crippen molar-refractivity contribution in [2.45, 2.75) is 25.3 Å². The van der Waals surface area contributed by atoms with Gasteiger partial charge in [-0.2, -0.15) is 12.7 Å². The van der Waals surface area contributed by atoms with Gasteiger partial charge in [-0.1, -0.05) is 18.7 Å². The van der Waals surface area contributed by atoms with Crippen LogP contribution in [-0.2, 0) is 10.2 Å². The van der Waals surface area contributed by atoms with Crippen LogP contribution in [0.1, 0.15) is 19.3 Å². The number of hydrogen-bond acceptors (Lipinski definition) is 3. The molecule has 1 aromatic carbocycles. The summed E-state index contributed by atoms with van der Waals surface area (Å²) in [4.78, 5) is 0. The predicted octanol–water partition coefficient (Wildman–Crippen LogP) is 2.39. The Bertz CT molecular complexity index is 630. The van der Waals surface area contributed by atoms with E-state index >= 15 is 0 Å². The van der Waals surface area contributed by atoms with Crippen molar-refractivity contribution >= 4 is 15.9 Å². The molecular weight excluding hydrogens is 288 g/mol. The van der Waals surface area contributed by atoms with E-state index in [-0.39, 0.29) is 6.04 Å². The van der Waals surface area contributed by atoms with Crippen molar-refractivity contribution in [3.63, 3.8) is 0 Å². The lowest BCUT2D eigenvalue weighted by Gasteiger charge is -2.26. The van der Waals surface area contributed by atoms with Crippen LogP contribution in [0.15, 0.2) is 36.9 Å². The van der Waals surface area contributed by atoms with E-state index in [4.69, 9.17) is 4.74 Å². The van der Waals surface area contributed by atoms with Crippen LogP contribution in [0.3, 0.4) is 0 Å².